The molecule has 1 unspecified atom stereocenters. The summed E-state index contributed by atoms with van der Waals surface area (Å²) in [6.45, 7) is 9.69. The highest BCUT2D eigenvalue weighted by Gasteiger charge is 2.26. The van der Waals surface area contributed by atoms with E-state index in [2.05, 4.69) is 17.1 Å². The largest absolute Gasteiger partial charge is 0.444 e. The molecule has 0 aliphatic carbocycles. The van der Waals surface area contributed by atoms with E-state index in [9.17, 15) is 4.79 Å². The van der Waals surface area contributed by atoms with Crippen molar-refractivity contribution in [2.45, 2.75) is 45.6 Å². The number of hydrogen-bond acceptors (Lipinski definition) is 4. The first kappa shape index (κ1) is 16.9. The van der Waals surface area contributed by atoms with Gasteiger partial charge >= 0.3 is 6.09 Å². The zero-order valence-corrected chi connectivity index (χ0v) is 14.5. The van der Waals surface area contributed by atoms with Crippen LogP contribution in [0.25, 0.3) is 0 Å². The molecule has 1 atom stereocenters. The monoisotopic (exact) mass is 314 g/mol. The highest BCUT2D eigenvalue weighted by molar-refractivity contribution is 7.99. The third-order valence-electron chi connectivity index (χ3n) is 4.16. The average molecular weight is 314 g/mol. The number of rotatable bonds is 4. The maximum absolute atomic E-state index is 12.0. The molecule has 0 saturated carbocycles. The fraction of sp³-hybridized carbons (Fsp3) is 0.938. The van der Waals surface area contributed by atoms with Gasteiger partial charge in [-0.25, -0.2) is 4.79 Å². The Hall–Kier alpha value is -0.420. The molecule has 2 heterocycles. The smallest absolute Gasteiger partial charge is 0.410 e. The van der Waals surface area contributed by atoms with Crippen LogP contribution in [0.5, 0.6) is 0 Å². The third kappa shape index (κ3) is 6.07. The van der Waals surface area contributed by atoms with Gasteiger partial charge < -0.3 is 15.0 Å². The van der Waals surface area contributed by atoms with Gasteiger partial charge in [0, 0.05) is 13.1 Å². The highest BCUT2D eigenvalue weighted by Crippen LogP contribution is 2.23. The molecule has 2 aliphatic heterocycles. The second-order valence-corrected chi connectivity index (χ2v) is 8.45. The number of carbonyl (C=O) groups is 1. The lowest BCUT2D eigenvalue weighted by Gasteiger charge is -2.33. The SMILES string of the molecule is CC(C)(C)OC(=O)N1CCC(CNCC2CCSC2)CC1. The Bertz CT molecular complexity index is 330. The van der Waals surface area contributed by atoms with Gasteiger partial charge in [-0.1, -0.05) is 0 Å². The molecular weight excluding hydrogens is 284 g/mol. The molecular formula is C16H30N2O2S. The van der Waals surface area contributed by atoms with Crippen LogP contribution in [0.15, 0.2) is 0 Å². The van der Waals surface area contributed by atoms with Crippen molar-refractivity contribution in [2.75, 3.05) is 37.7 Å². The minimum absolute atomic E-state index is 0.156. The van der Waals surface area contributed by atoms with Crippen molar-refractivity contribution in [2.24, 2.45) is 11.8 Å². The van der Waals surface area contributed by atoms with Gasteiger partial charge in [-0.2, -0.15) is 11.8 Å². The molecule has 0 spiro atoms. The van der Waals surface area contributed by atoms with Gasteiger partial charge in [-0.15, -0.1) is 0 Å². The van der Waals surface area contributed by atoms with Crippen LogP contribution in [0.1, 0.15) is 40.0 Å². The quantitative estimate of drug-likeness (QED) is 0.866. The van der Waals surface area contributed by atoms with Gasteiger partial charge in [-0.05, 0) is 76.5 Å². The molecule has 21 heavy (non-hydrogen) atoms. The fourth-order valence-electron chi connectivity index (χ4n) is 2.88. The van der Waals surface area contributed by atoms with Gasteiger partial charge in [-0.3, -0.25) is 0 Å². The summed E-state index contributed by atoms with van der Waals surface area (Å²) in [4.78, 5) is 13.9. The molecule has 0 bridgehead atoms. The van der Waals surface area contributed by atoms with E-state index in [1.165, 1.54) is 24.5 Å². The molecule has 0 aromatic carbocycles. The lowest BCUT2D eigenvalue weighted by atomic mass is 9.97. The Morgan fingerprint density at radius 2 is 1.86 bits per heavy atom. The average Bonchev–Trinajstić information content (AvgIpc) is 2.91. The number of hydrogen-bond donors (Lipinski definition) is 1. The summed E-state index contributed by atoms with van der Waals surface area (Å²) in [5.74, 6) is 4.24. The van der Waals surface area contributed by atoms with Crippen molar-refractivity contribution in [1.29, 1.82) is 0 Å². The highest BCUT2D eigenvalue weighted by atomic mass is 32.2. The van der Waals surface area contributed by atoms with Crippen molar-refractivity contribution in [1.82, 2.24) is 10.2 Å². The fourth-order valence-corrected chi connectivity index (χ4v) is 4.17. The molecule has 1 N–H and O–H groups in total. The van der Waals surface area contributed by atoms with E-state index < -0.39 is 5.60 Å². The summed E-state index contributed by atoms with van der Waals surface area (Å²) in [5.41, 5.74) is -0.394. The number of nitrogens with one attached hydrogen (secondary N) is 1. The normalized spacial score (nSPS) is 24.3. The molecule has 5 heteroatoms. The Morgan fingerprint density at radius 1 is 1.19 bits per heavy atom. The number of ether oxygens (including phenoxy) is 1. The molecule has 2 fully saturated rings. The van der Waals surface area contributed by atoms with Gasteiger partial charge in [0.25, 0.3) is 0 Å². The Labute approximate surface area is 133 Å². The summed E-state index contributed by atoms with van der Waals surface area (Å²) < 4.78 is 5.43. The molecule has 4 nitrogen and oxygen atoms in total. The van der Waals surface area contributed by atoms with Crippen LogP contribution in [0.4, 0.5) is 4.79 Å². The van der Waals surface area contributed by atoms with Crippen molar-refractivity contribution < 1.29 is 9.53 Å². The van der Waals surface area contributed by atoms with Gasteiger partial charge in [0.05, 0.1) is 0 Å². The maximum Gasteiger partial charge on any atom is 0.410 e. The van der Waals surface area contributed by atoms with Crippen LogP contribution in [0, 0.1) is 11.8 Å². The third-order valence-corrected chi connectivity index (χ3v) is 5.39. The number of carbonyl (C=O) groups excluding carboxylic acids is 1. The lowest BCUT2D eigenvalue weighted by molar-refractivity contribution is 0.0184. The van der Waals surface area contributed by atoms with Crippen LogP contribution in [0.3, 0.4) is 0 Å². The van der Waals surface area contributed by atoms with E-state index in [0.29, 0.717) is 5.92 Å². The number of piperidine rings is 1. The van der Waals surface area contributed by atoms with Crippen molar-refractivity contribution in [3.63, 3.8) is 0 Å². The molecule has 2 aliphatic rings. The topological polar surface area (TPSA) is 41.6 Å². The Kier molecular flexibility index (Phi) is 6.23. The standard InChI is InChI=1S/C16H30N2O2S/c1-16(2,3)20-15(19)18-7-4-13(5-8-18)10-17-11-14-6-9-21-12-14/h13-14,17H,4-12H2,1-3H3. The van der Waals surface area contributed by atoms with Crippen molar-refractivity contribution in [3.05, 3.63) is 0 Å². The lowest BCUT2D eigenvalue weighted by Crippen LogP contribution is -2.43. The van der Waals surface area contributed by atoms with Gasteiger partial charge in [0.1, 0.15) is 5.60 Å². The van der Waals surface area contributed by atoms with Crippen molar-refractivity contribution in [3.8, 4) is 0 Å². The number of likely N-dealkylation sites (tertiary alicyclic amines) is 1. The second-order valence-electron chi connectivity index (χ2n) is 7.30. The summed E-state index contributed by atoms with van der Waals surface area (Å²) >= 11 is 2.08. The minimum Gasteiger partial charge on any atom is -0.444 e. The summed E-state index contributed by atoms with van der Waals surface area (Å²) in [5, 5.41) is 3.63. The zero-order chi connectivity index (χ0) is 15.3. The van der Waals surface area contributed by atoms with E-state index in [1.54, 1.807) is 0 Å². The summed E-state index contributed by atoms with van der Waals surface area (Å²) in [6.07, 6.45) is 3.39. The van der Waals surface area contributed by atoms with Crippen LogP contribution in [-0.2, 0) is 4.74 Å². The Balaban J connectivity index is 1.60. The van der Waals surface area contributed by atoms with Gasteiger partial charge in [0.15, 0.2) is 0 Å². The molecule has 2 saturated heterocycles. The molecule has 1 amide bonds. The van der Waals surface area contributed by atoms with E-state index in [1.807, 2.05) is 25.7 Å². The van der Waals surface area contributed by atoms with E-state index in [4.69, 9.17) is 4.74 Å². The molecule has 0 radical (unpaired) electrons. The molecule has 0 aromatic rings. The van der Waals surface area contributed by atoms with E-state index in [-0.39, 0.29) is 6.09 Å². The summed E-state index contributed by atoms with van der Waals surface area (Å²) in [7, 11) is 0. The van der Waals surface area contributed by atoms with E-state index in [0.717, 1.165) is 38.4 Å². The molecule has 0 aromatic heterocycles. The first-order valence-electron chi connectivity index (χ1n) is 8.20. The van der Waals surface area contributed by atoms with Gasteiger partial charge in [0.2, 0.25) is 0 Å². The van der Waals surface area contributed by atoms with Crippen LogP contribution in [0.2, 0.25) is 0 Å². The molecule has 2 rings (SSSR count). The minimum atomic E-state index is -0.394. The Morgan fingerprint density at radius 3 is 2.43 bits per heavy atom. The number of thioether (sulfide) groups is 1. The zero-order valence-electron chi connectivity index (χ0n) is 13.7. The molecule has 122 valence electrons. The summed E-state index contributed by atoms with van der Waals surface area (Å²) in [6, 6.07) is 0. The maximum atomic E-state index is 12.0. The number of nitrogens with zero attached hydrogens (tertiary/aromatic N) is 1. The predicted molar refractivity (Wildman–Crippen MR) is 88.8 cm³/mol. The predicted octanol–water partition coefficient (Wildman–Crippen LogP) is 2.98. The first-order valence-corrected chi connectivity index (χ1v) is 9.36. The first-order chi connectivity index (χ1) is 9.94. The van der Waals surface area contributed by atoms with Crippen LogP contribution < -0.4 is 5.32 Å². The second kappa shape index (κ2) is 7.73. The van der Waals surface area contributed by atoms with Crippen molar-refractivity contribution >= 4 is 17.9 Å². The van der Waals surface area contributed by atoms with Crippen LogP contribution in [-0.4, -0.2) is 54.3 Å². The van der Waals surface area contributed by atoms with E-state index >= 15 is 0 Å². The van der Waals surface area contributed by atoms with Crippen LogP contribution >= 0.6 is 11.8 Å². The number of amides is 1.